The Labute approximate surface area is 162 Å². The molecule has 0 atom stereocenters. The van der Waals surface area contributed by atoms with Gasteiger partial charge in [-0.05, 0) is 37.8 Å². The van der Waals surface area contributed by atoms with Gasteiger partial charge in [-0.2, -0.15) is 0 Å². The van der Waals surface area contributed by atoms with Gasteiger partial charge in [-0.1, -0.05) is 6.07 Å². The molecule has 27 heavy (non-hydrogen) atoms. The van der Waals surface area contributed by atoms with Crippen LogP contribution in [-0.2, 0) is 4.79 Å². The first-order valence-electron chi connectivity index (χ1n) is 8.74. The monoisotopic (exact) mass is 389 g/mol. The zero-order valence-electron chi connectivity index (χ0n) is 15.7. The fourth-order valence-corrected chi connectivity index (χ4v) is 3.48. The van der Waals surface area contributed by atoms with Gasteiger partial charge in [0.25, 0.3) is 5.91 Å². The van der Waals surface area contributed by atoms with Crippen molar-refractivity contribution in [3.63, 3.8) is 0 Å². The van der Waals surface area contributed by atoms with Crippen molar-refractivity contribution >= 4 is 28.3 Å². The maximum absolute atomic E-state index is 13.2. The molecule has 0 spiro atoms. The number of nitrogens with one attached hydrogen (secondary N) is 1. The lowest BCUT2D eigenvalue weighted by Crippen LogP contribution is -2.39. The Morgan fingerprint density at radius 1 is 1.26 bits per heavy atom. The Kier molecular flexibility index (Phi) is 5.95. The van der Waals surface area contributed by atoms with Crippen LogP contribution in [0.5, 0.6) is 11.5 Å². The van der Waals surface area contributed by atoms with Gasteiger partial charge >= 0.3 is 0 Å². The summed E-state index contributed by atoms with van der Waals surface area (Å²) in [5.74, 6) is 0.741. The van der Waals surface area contributed by atoms with Gasteiger partial charge < -0.3 is 19.7 Å². The third-order valence-electron chi connectivity index (χ3n) is 4.31. The Hall–Kier alpha value is -2.61. The number of hydrogen-bond acceptors (Lipinski definition) is 6. The molecule has 1 aliphatic carbocycles. The first-order chi connectivity index (χ1) is 13.0. The summed E-state index contributed by atoms with van der Waals surface area (Å²) in [6.45, 7) is 2.41. The highest BCUT2D eigenvalue weighted by molar-refractivity contribution is 7.15. The van der Waals surface area contributed by atoms with Crippen LogP contribution in [-0.4, -0.2) is 49.0 Å². The Morgan fingerprint density at radius 3 is 2.44 bits per heavy atom. The third kappa shape index (κ3) is 4.77. The second-order valence-electron chi connectivity index (χ2n) is 6.49. The van der Waals surface area contributed by atoms with Gasteiger partial charge in [0.15, 0.2) is 5.13 Å². The molecule has 0 saturated heterocycles. The molecule has 2 amide bonds. The molecule has 1 aliphatic rings. The van der Waals surface area contributed by atoms with Crippen LogP contribution in [0.1, 0.15) is 28.1 Å². The van der Waals surface area contributed by atoms with Crippen molar-refractivity contribution in [2.24, 2.45) is 5.92 Å². The summed E-state index contributed by atoms with van der Waals surface area (Å²) in [5.41, 5.74) is 0.334. The quantitative estimate of drug-likeness (QED) is 0.751. The van der Waals surface area contributed by atoms with E-state index < -0.39 is 0 Å². The molecule has 8 heteroatoms. The molecule has 144 valence electrons. The van der Waals surface area contributed by atoms with Crippen molar-refractivity contribution in [3.05, 3.63) is 34.8 Å². The number of benzene rings is 1. The standard InChI is InChI=1S/C19H23N3O4S/c1-12-9-20-19(27-12)21-16(23)11-22(10-13-7-8-13)18(24)17-14(25-2)5-4-6-15(17)26-3/h4-6,9,13H,7-8,10-11H2,1-3H3,(H,20,21,23). The minimum Gasteiger partial charge on any atom is -0.496 e. The topological polar surface area (TPSA) is 80.8 Å². The Morgan fingerprint density at radius 2 is 1.93 bits per heavy atom. The van der Waals surface area contributed by atoms with E-state index in [9.17, 15) is 9.59 Å². The Balaban J connectivity index is 1.80. The average Bonchev–Trinajstić information content (AvgIpc) is 3.39. The van der Waals surface area contributed by atoms with Gasteiger partial charge in [-0.15, -0.1) is 11.3 Å². The number of carbonyl (C=O) groups excluding carboxylic acids is 2. The fourth-order valence-electron chi connectivity index (χ4n) is 2.80. The molecule has 1 aromatic carbocycles. The molecule has 0 aliphatic heterocycles. The predicted octanol–water partition coefficient (Wildman–Crippen LogP) is 2.96. The first kappa shape index (κ1) is 19.2. The third-order valence-corrected chi connectivity index (χ3v) is 5.13. The zero-order valence-corrected chi connectivity index (χ0v) is 16.5. The first-order valence-corrected chi connectivity index (χ1v) is 9.56. The van der Waals surface area contributed by atoms with Crippen LogP contribution in [0.15, 0.2) is 24.4 Å². The summed E-state index contributed by atoms with van der Waals surface area (Å²) in [6.07, 6.45) is 3.84. The van der Waals surface area contributed by atoms with Crippen molar-refractivity contribution < 1.29 is 19.1 Å². The van der Waals surface area contributed by atoms with Crippen LogP contribution in [0.4, 0.5) is 5.13 Å². The molecule has 2 aromatic rings. The highest BCUT2D eigenvalue weighted by Crippen LogP contribution is 2.33. The van der Waals surface area contributed by atoms with Gasteiger partial charge in [0.2, 0.25) is 5.91 Å². The SMILES string of the molecule is COc1cccc(OC)c1C(=O)N(CC(=O)Nc1ncc(C)s1)CC1CC1. The minimum atomic E-state index is -0.276. The number of ether oxygens (including phenoxy) is 2. The summed E-state index contributed by atoms with van der Waals surface area (Å²) in [4.78, 5) is 32.4. The van der Waals surface area contributed by atoms with E-state index in [0.29, 0.717) is 34.7 Å². The van der Waals surface area contributed by atoms with Crippen LogP contribution in [0.2, 0.25) is 0 Å². The largest absolute Gasteiger partial charge is 0.496 e. The minimum absolute atomic E-state index is 0.0465. The molecular formula is C19H23N3O4S. The van der Waals surface area contributed by atoms with Crippen molar-refractivity contribution in [2.45, 2.75) is 19.8 Å². The smallest absolute Gasteiger partial charge is 0.261 e. The molecule has 0 unspecified atom stereocenters. The average molecular weight is 389 g/mol. The van der Waals surface area contributed by atoms with Crippen LogP contribution in [0, 0.1) is 12.8 Å². The number of hydrogen-bond donors (Lipinski definition) is 1. The van der Waals surface area contributed by atoms with E-state index in [1.165, 1.54) is 25.6 Å². The summed E-state index contributed by atoms with van der Waals surface area (Å²) >= 11 is 1.40. The molecule has 7 nitrogen and oxygen atoms in total. The van der Waals surface area contributed by atoms with Crippen molar-refractivity contribution in [1.29, 1.82) is 0 Å². The molecule has 1 fully saturated rings. The number of aryl methyl sites for hydroxylation is 1. The van der Waals surface area contributed by atoms with Crippen molar-refractivity contribution in [1.82, 2.24) is 9.88 Å². The van der Waals surface area contributed by atoms with E-state index in [1.54, 1.807) is 29.3 Å². The predicted molar refractivity (Wildman–Crippen MR) is 104 cm³/mol. The second-order valence-corrected chi connectivity index (χ2v) is 7.73. The normalized spacial score (nSPS) is 13.1. The Bertz CT molecular complexity index is 810. The van der Waals surface area contributed by atoms with Crippen LogP contribution >= 0.6 is 11.3 Å². The van der Waals surface area contributed by atoms with Crippen molar-refractivity contribution in [3.8, 4) is 11.5 Å². The number of anilines is 1. The molecule has 3 rings (SSSR count). The zero-order chi connectivity index (χ0) is 19.4. The summed E-state index contributed by atoms with van der Waals surface area (Å²) in [6, 6.07) is 5.18. The van der Waals surface area contributed by atoms with Gasteiger partial charge in [0, 0.05) is 17.6 Å². The van der Waals surface area contributed by atoms with Crippen LogP contribution in [0.25, 0.3) is 0 Å². The van der Waals surface area contributed by atoms with Crippen LogP contribution in [0.3, 0.4) is 0 Å². The number of rotatable bonds is 8. The maximum atomic E-state index is 13.2. The van der Waals surface area contributed by atoms with Crippen LogP contribution < -0.4 is 14.8 Å². The molecule has 1 N–H and O–H groups in total. The number of nitrogens with zero attached hydrogens (tertiary/aromatic N) is 2. The number of methoxy groups -OCH3 is 2. The molecular weight excluding hydrogens is 366 g/mol. The molecule has 0 radical (unpaired) electrons. The summed E-state index contributed by atoms with van der Waals surface area (Å²) in [5, 5.41) is 3.30. The van der Waals surface area contributed by atoms with Gasteiger partial charge in [0.05, 0.1) is 14.2 Å². The number of amides is 2. The van der Waals surface area contributed by atoms with Gasteiger partial charge in [-0.3, -0.25) is 9.59 Å². The van der Waals surface area contributed by atoms with E-state index in [4.69, 9.17) is 9.47 Å². The maximum Gasteiger partial charge on any atom is 0.261 e. The highest BCUT2D eigenvalue weighted by Gasteiger charge is 2.31. The summed E-state index contributed by atoms with van der Waals surface area (Å²) < 4.78 is 10.7. The number of carbonyl (C=O) groups is 2. The lowest BCUT2D eigenvalue weighted by atomic mass is 10.1. The lowest BCUT2D eigenvalue weighted by Gasteiger charge is -2.24. The molecule has 0 bridgehead atoms. The molecule has 1 heterocycles. The van der Waals surface area contributed by atoms with E-state index in [0.717, 1.165) is 17.7 Å². The van der Waals surface area contributed by atoms with E-state index in [-0.39, 0.29) is 18.4 Å². The lowest BCUT2D eigenvalue weighted by molar-refractivity contribution is -0.116. The van der Waals surface area contributed by atoms with E-state index in [2.05, 4.69) is 10.3 Å². The number of aromatic nitrogens is 1. The number of thiazole rings is 1. The van der Waals surface area contributed by atoms with Gasteiger partial charge in [0.1, 0.15) is 23.6 Å². The second kappa shape index (κ2) is 8.39. The molecule has 1 saturated carbocycles. The van der Waals surface area contributed by atoms with E-state index in [1.807, 2.05) is 6.92 Å². The molecule has 1 aromatic heterocycles. The summed E-state index contributed by atoms with van der Waals surface area (Å²) in [7, 11) is 3.02. The van der Waals surface area contributed by atoms with Gasteiger partial charge in [-0.25, -0.2) is 4.98 Å². The highest BCUT2D eigenvalue weighted by atomic mass is 32.1. The fraction of sp³-hybridized carbons (Fsp3) is 0.421. The van der Waals surface area contributed by atoms with E-state index >= 15 is 0 Å². The van der Waals surface area contributed by atoms with Crippen molar-refractivity contribution in [2.75, 3.05) is 32.6 Å².